The van der Waals surface area contributed by atoms with Gasteiger partial charge in [-0.25, -0.2) is 0 Å². The van der Waals surface area contributed by atoms with Crippen LogP contribution in [0.25, 0.3) is 6.08 Å². The Morgan fingerprint density at radius 2 is 1.60 bits per heavy atom. The first-order chi connectivity index (χ1) is 9.69. The third kappa shape index (κ3) is 4.58. The highest BCUT2D eigenvalue weighted by atomic mass is 28.2. The van der Waals surface area contributed by atoms with Crippen molar-refractivity contribution >= 4 is 20.8 Å². The number of nitrogens with zero attached hydrogens (tertiary/aromatic N) is 2. The molecule has 0 aliphatic heterocycles. The van der Waals surface area contributed by atoms with E-state index in [1.54, 1.807) is 0 Å². The van der Waals surface area contributed by atoms with Gasteiger partial charge in [0.05, 0.1) is 5.79 Å². The highest BCUT2D eigenvalue weighted by Crippen LogP contribution is 2.06. The van der Waals surface area contributed by atoms with E-state index in [2.05, 4.69) is 68.3 Å². The van der Waals surface area contributed by atoms with E-state index in [-0.39, 0.29) is 0 Å². The van der Waals surface area contributed by atoms with Crippen molar-refractivity contribution in [2.24, 2.45) is 0 Å². The normalized spacial score (nSPS) is 11.6. The summed E-state index contributed by atoms with van der Waals surface area (Å²) in [6.07, 6.45) is 1.93. The van der Waals surface area contributed by atoms with Gasteiger partial charge >= 0.3 is 0 Å². The zero-order valence-electron chi connectivity index (χ0n) is 13.4. The molecule has 0 saturated heterocycles. The number of hydrogen-bond donors (Lipinski definition) is 0. The Kier molecular flexibility index (Phi) is 7.81. The molecule has 0 saturated carbocycles. The molecule has 1 rings (SSSR count). The summed E-state index contributed by atoms with van der Waals surface area (Å²) in [6, 6.07) is 8.77. The van der Waals surface area contributed by atoms with Gasteiger partial charge in [0.2, 0.25) is 0 Å². The summed E-state index contributed by atoms with van der Waals surface area (Å²) in [4.78, 5) is 5.12. The van der Waals surface area contributed by atoms with Crippen LogP contribution < -0.4 is 5.19 Å². The molecule has 0 unspecified atom stereocenters. The summed E-state index contributed by atoms with van der Waals surface area (Å²) in [7, 11) is 0.787. The minimum absolute atomic E-state index is 0.514. The highest BCUT2D eigenvalue weighted by Gasteiger charge is 2.22. The Hall–Kier alpha value is -0.903. The fourth-order valence-electron chi connectivity index (χ4n) is 2.46. The van der Waals surface area contributed by atoms with Crippen LogP contribution in [0.2, 0.25) is 0 Å². The molecule has 0 aliphatic carbocycles. The van der Waals surface area contributed by atoms with E-state index >= 15 is 0 Å². The monoisotopic (exact) mass is 288 g/mol. The summed E-state index contributed by atoms with van der Waals surface area (Å²) in [5.74, 6) is 0.514. The first-order valence-electron chi connectivity index (χ1n) is 7.67. The van der Waals surface area contributed by atoms with Gasteiger partial charge in [-0.05, 0) is 31.7 Å². The van der Waals surface area contributed by atoms with Gasteiger partial charge in [0.15, 0.2) is 0 Å². The van der Waals surface area contributed by atoms with Gasteiger partial charge < -0.3 is 0 Å². The molecule has 0 bridgehead atoms. The van der Waals surface area contributed by atoms with Crippen molar-refractivity contribution in [1.82, 2.24) is 9.80 Å². The topological polar surface area (TPSA) is 6.48 Å². The lowest BCUT2D eigenvalue weighted by Gasteiger charge is -2.37. The lowest BCUT2D eigenvalue weighted by molar-refractivity contribution is 0.116. The van der Waals surface area contributed by atoms with Crippen LogP contribution in [0.1, 0.15) is 33.3 Å². The Morgan fingerprint density at radius 1 is 1.05 bits per heavy atom. The molecule has 2 nitrogen and oxygen atoms in total. The molecule has 0 aromatic heterocycles. The van der Waals surface area contributed by atoms with Gasteiger partial charge in [-0.2, -0.15) is 0 Å². The maximum Gasteiger partial charge on any atom is 0.123 e. The van der Waals surface area contributed by atoms with E-state index in [0.29, 0.717) is 5.79 Å². The summed E-state index contributed by atoms with van der Waals surface area (Å²) in [5.41, 5.74) is 1.22. The second-order valence-electron chi connectivity index (χ2n) is 4.79. The van der Waals surface area contributed by atoms with Crippen LogP contribution in [-0.4, -0.2) is 51.3 Å². The Bertz CT molecular complexity index is 386. The quantitative estimate of drug-likeness (QED) is 0.509. The summed E-state index contributed by atoms with van der Waals surface area (Å²) < 4.78 is 0. The van der Waals surface area contributed by atoms with E-state index in [1.807, 2.05) is 6.08 Å². The molecule has 2 radical (unpaired) electrons. The lowest BCUT2D eigenvalue weighted by atomic mass is 10.2. The van der Waals surface area contributed by atoms with Gasteiger partial charge in [-0.1, -0.05) is 69.8 Å². The minimum atomic E-state index is 0.514. The molecule has 1 aromatic rings. The number of rotatable bonds is 9. The van der Waals surface area contributed by atoms with Crippen molar-refractivity contribution in [2.45, 2.75) is 33.5 Å². The van der Waals surface area contributed by atoms with Crippen LogP contribution in [0.4, 0.5) is 0 Å². The van der Waals surface area contributed by atoms with Gasteiger partial charge in [0.1, 0.15) is 9.52 Å². The molecule has 110 valence electrons. The predicted octanol–water partition coefficient (Wildman–Crippen LogP) is 2.63. The number of benzene rings is 1. The van der Waals surface area contributed by atoms with Crippen LogP contribution >= 0.6 is 0 Å². The molecule has 0 atom stereocenters. The zero-order valence-corrected chi connectivity index (χ0v) is 14.4. The first-order valence-corrected chi connectivity index (χ1v) is 8.74. The van der Waals surface area contributed by atoms with E-state index in [0.717, 1.165) is 35.7 Å². The van der Waals surface area contributed by atoms with E-state index in [1.165, 1.54) is 10.8 Å². The number of hydrogen-bond acceptors (Lipinski definition) is 2. The maximum absolute atomic E-state index is 3.87. The molecular formula is C17H28N2Si. The van der Waals surface area contributed by atoms with Crippen LogP contribution in [0.3, 0.4) is 0 Å². The van der Waals surface area contributed by atoms with Gasteiger partial charge in [0.25, 0.3) is 0 Å². The van der Waals surface area contributed by atoms with Crippen molar-refractivity contribution in [3.8, 4) is 0 Å². The molecule has 0 heterocycles. The smallest absolute Gasteiger partial charge is 0.123 e. The Labute approximate surface area is 127 Å². The van der Waals surface area contributed by atoms with Gasteiger partial charge in [-0.3, -0.25) is 9.80 Å². The standard InChI is InChI=1S/C17H28N2Si/c1-6-15-12-11-13-16(14-15)20-17(18(7-2)8-3)19(9-4)10-5/h6,11-14,17H,1,7-10H2,2-5H3. The third-order valence-electron chi connectivity index (χ3n) is 3.73. The van der Waals surface area contributed by atoms with Crippen LogP contribution in [-0.2, 0) is 0 Å². The Balaban J connectivity index is 2.95. The molecule has 0 spiro atoms. The Morgan fingerprint density at radius 3 is 2.05 bits per heavy atom. The van der Waals surface area contributed by atoms with Crippen molar-refractivity contribution in [3.05, 3.63) is 36.4 Å². The first kappa shape index (κ1) is 17.1. The molecular weight excluding hydrogens is 260 g/mol. The molecule has 1 aromatic carbocycles. The van der Waals surface area contributed by atoms with Gasteiger partial charge in [-0.15, -0.1) is 0 Å². The summed E-state index contributed by atoms with van der Waals surface area (Å²) in [5, 5.41) is 1.42. The molecule has 0 aliphatic rings. The van der Waals surface area contributed by atoms with E-state index < -0.39 is 0 Å². The van der Waals surface area contributed by atoms with E-state index in [9.17, 15) is 0 Å². The largest absolute Gasteiger partial charge is 0.291 e. The van der Waals surface area contributed by atoms with Crippen molar-refractivity contribution in [2.75, 3.05) is 26.2 Å². The predicted molar refractivity (Wildman–Crippen MR) is 91.6 cm³/mol. The summed E-state index contributed by atoms with van der Waals surface area (Å²) >= 11 is 0. The molecule has 0 amide bonds. The lowest BCUT2D eigenvalue weighted by Crippen LogP contribution is -2.54. The van der Waals surface area contributed by atoms with Crippen LogP contribution in [0, 0.1) is 0 Å². The average molecular weight is 289 g/mol. The highest BCUT2D eigenvalue weighted by molar-refractivity contribution is 6.55. The molecule has 3 heteroatoms. The summed E-state index contributed by atoms with van der Waals surface area (Å²) in [6.45, 7) is 17.3. The second-order valence-corrected chi connectivity index (χ2v) is 6.17. The second kappa shape index (κ2) is 9.11. The fourth-order valence-corrected chi connectivity index (χ4v) is 4.29. The third-order valence-corrected chi connectivity index (χ3v) is 5.37. The maximum atomic E-state index is 3.87. The molecule has 20 heavy (non-hydrogen) atoms. The SMILES string of the molecule is C=Cc1cccc([Si]C(N(CC)CC)N(CC)CC)c1. The fraction of sp³-hybridized carbons (Fsp3) is 0.529. The van der Waals surface area contributed by atoms with E-state index in [4.69, 9.17) is 0 Å². The minimum Gasteiger partial charge on any atom is -0.291 e. The van der Waals surface area contributed by atoms with Crippen LogP contribution in [0.15, 0.2) is 30.8 Å². The molecule has 0 N–H and O–H groups in total. The average Bonchev–Trinajstić information content (AvgIpc) is 2.49. The van der Waals surface area contributed by atoms with Crippen LogP contribution in [0.5, 0.6) is 0 Å². The molecule has 0 fully saturated rings. The zero-order chi connectivity index (χ0) is 15.0. The van der Waals surface area contributed by atoms with Crippen molar-refractivity contribution < 1.29 is 0 Å². The van der Waals surface area contributed by atoms with Crippen molar-refractivity contribution in [3.63, 3.8) is 0 Å². The van der Waals surface area contributed by atoms with Gasteiger partial charge in [0, 0.05) is 0 Å². The van der Waals surface area contributed by atoms with Crippen molar-refractivity contribution in [1.29, 1.82) is 0 Å².